The van der Waals surface area contributed by atoms with Gasteiger partial charge in [0, 0.05) is 12.8 Å². The lowest BCUT2D eigenvalue weighted by molar-refractivity contribution is -0.152. The predicted molar refractivity (Wildman–Crippen MR) is 202 cm³/mol. The van der Waals surface area contributed by atoms with Gasteiger partial charge in [-0.1, -0.05) is 166 Å². The molecule has 0 saturated carbocycles. The van der Waals surface area contributed by atoms with Gasteiger partial charge < -0.3 is 19.7 Å². The molecule has 0 aromatic rings. The number of carbonyl (C=O) groups is 2. The van der Waals surface area contributed by atoms with Crippen molar-refractivity contribution in [1.82, 2.24) is 0 Å². The van der Waals surface area contributed by atoms with Crippen molar-refractivity contribution in [3.63, 3.8) is 0 Å². The molecule has 278 valence electrons. The monoisotopic (exact) mass is 675 g/mol. The van der Waals surface area contributed by atoms with E-state index < -0.39 is 6.10 Å². The lowest BCUT2D eigenvalue weighted by Crippen LogP contribution is -2.25. The molecule has 0 amide bonds. The fraction of sp³-hybridized carbons (Fsp3) is 0.762. The zero-order valence-corrected chi connectivity index (χ0v) is 31.3. The van der Waals surface area contributed by atoms with E-state index >= 15 is 0 Å². The van der Waals surface area contributed by atoms with E-state index in [1.807, 2.05) is 12.2 Å². The van der Waals surface area contributed by atoms with Gasteiger partial charge in [0.1, 0.15) is 19.3 Å². The van der Waals surface area contributed by atoms with Crippen LogP contribution in [0.2, 0.25) is 0 Å². The molecule has 48 heavy (non-hydrogen) atoms. The lowest BCUT2D eigenvalue weighted by Gasteiger charge is -2.12. The molecule has 6 heteroatoms. The highest BCUT2D eigenvalue weighted by Crippen LogP contribution is 2.15. The minimum absolute atomic E-state index is 0.142. The van der Waals surface area contributed by atoms with E-state index in [1.165, 1.54) is 70.6 Å². The molecule has 0 aliphatic rings. The number of rotatable bonds is 34. The summed E-state index contributed by atoms with van der Waals surface area (Å²) in [6, 6.07) is 0. The van der Waals surface area contributed by atoms with Gasteiger partial charge in [-0.3, -0.25) is 9.59 Å². The van der Waals surface area contributed by atoms with E-state index in [-0.39, 0.29) is 31.3 Å². The van der Waals surface area contributed by atoms with Crippen LogP contribution in [-0.4, -0.2) is 47.6 Å². The first-order valence-electron chi connectivity index (χ1n) is 19.6. The van der Waals surface area contributed by atoms with Gasteiger partial charge in [0.05, 0.1) is 6.10 Å². The third-order valence-electron chi connectivity index (χ3n) is 8.32. The Balaban J connectivity index is 3.56. The maximum Gasteiger partial charge on any atom is 0.305 e. The third kappa shape index (κ3) is 36.7. The first-order chi connectivity index (χ1) is 23.3. The number of hydrogen-bond donors (Lipinski definition) is 2. The maximum absolute atomic E-state index is 12.0. The Morgan fingerprint density at radius 2 is 0.979 bits per heavy atom. The highest BCUT2D eigenvalue weighted by molar-refractivity contribution is 5.69. The molecule has 0 bridgehead atoms. The average molecular weight is 675 g/mol. The molecule has 6 nitrogen and oxygen atoms in total. The van der Waals surface area contributed by atoms with Crippen LogP contribution in [0.25, 0.3) is 0 Å². The molecule has 0 unspecified atom stereocenters. The molecular weight excluding hydrogens is 600 g/mol. The van der Waals surface area contributed by atoms with Gasteiger partial charge in [0.25, 0.3) is 0 Å². The SMILES string of the molecule is CCCC[C@H](O)/C=C\C/C=C\C/C=C\C/C=C\CCCC(=O)OC[C@H](O)COC(=O)CCCCCCCCCCCCCCCC(C)C. The van der Waals surface area contributed by atoms with Gasteiger partial charge in [-0.25, -0.2) is 0 Å². The second-order valence-corrected chi connectivity index (χ2v) is 13.7. The zero-order chi connectivity index (χ0) is 35.3. The Hall–Kier alpha value is -2.18. The first kappa shape index (κ1) is 45.8. The summed E-state index contributed by atoms with van der Waals surface area (Å²) >= 11 is 0. The number of allylic oxidation sites excluding steroid dienone is 7. The average Bonchev–Trinajstić information content (AvgIpc) is 3.07. The molecule has 0 spiro atoms. The predicted octanol–water partition coefficient (Wildman–Crippen LogP) is 11.1. The fourth-order valence-electron chi connectivity index (χ4n) is 5.28. The number of aliphatic hydroxyl groups excluding tert-OH is 2. The summed E-state index contributed by atoms with van der Waals surface area (Å²) in [5.41, 5.74) is 0. The topological polar surface area (TPSA) is 93.1 Å². The van der Waals surface area contributed by atoms with Crippen molar-refractivity contribution in [1.29, 1.82) is 0 Å². The van der Waals surface area contributed by atoms with E-state index in [4.69, 9.17) is 9.47 Å². The Morgan fingerprint density at radius 3 is 1.48 bits per heavy atom. The highest BCUT2D eigenvalue weighted by atomic mass is 16.6. The Kier molecular flexibility index (Phi) is 34.5. The summed E-state index contributed by atoms with van der Waals surface area (Å²) in [6.07, 6.45) is 40.8. The zero-order valence-electron chi connectivity index (χ0n) is 31.3. The van der Waals surface area contributed by atoms with Crippen LogP contribution in [0.15, 0.2) is 48.6 Å². The molecule has 0 radical (unpaired) electrons. The largest absolute Gasteiger partial charge is 0.463 e. The summed E-state index contributed by atoms with van der Waals surface area (Å²) in [5, 5.41) is 19.8. The molecule has 0 aliphatic carbocycles. The Morgan fingerprint density at radius 1 is 0.542 bits per heavy atom. The molecular formula is C42H74O6. The van der Waals surface area contributed by atoms with Crippen LogP contribution in [0.4, 0.5) is 0 Å². The van der Waals surface area contributed by atoms with Crippen LogP contribution in [0, 0.1) is 5.92 Å². The van der Waals surface area contributed by atoms with Crippen molar-refractivity contribution >= 4 is 11.9 Å². The van der Waals surface area contributed by atoms with Gasteiger partial charge in [0.15, 0.2) is 0 Å². The quantitative estimate of drug-likeness (QED) is 0.0401. The normalized spacial score (nSPS) is 13.5. The van der Waals surface area contributed by atoms with E-state index in [1.54, 1.807) is 0 Å². The van der Waals surface area contributed by atoms with E-state index in [0.717, 1.165) is 70.1 Å². The number of aliphatic hydroxyl groups is 2. The van der Waals surface area contributed by atoms with Crippen molar-refractivity contribution in [2.45, 2.75) is 187 Å². The van der Waals surface area contributed by atoms with Crippen molar-refractivity contribution in [3.05, 3.63) is 48.6 Å². The molecule has 0 saturated heterocycles. The first-order valence-corrected chi connectivity index (χ1v) is 19.6. The van der Waals surface area contributed by atoms with Gasteiger partial charge in [0.2, 0.25) is 0 Å². The van der Waals surface area contributed by atoms with Crippen LogP contribution in [0.3, 0.4) is 0 Å². The Bertz CT molecular complexity index is 843. The molecule has 2 N–H and O–H groups in total. The van der Waals surface area contributed by atoms with Crippen molar-refractivity contribution < 1.29 is 29.3 Å². The molecule has 2 atom stereocenters. The van der Waals surface area contributed by atoms with Crippen LogP contribution in [-0.2, 0) is 19.1 Å². The molecule has 0 aromatic carbocycles. The molecule has 0 fully saturated rings. The van der Waals surface area contributed by atoms with Gasteiger partial charge >= 0.3 is 11.9 Å². The standard InChI is InChI=1S/C42H74O6/c1-4-5-32-39(43)33-28-24-20-16-12-9-10-14-18-22-26-30-35-42(46)48-37-40(44)36-47-41(45)34-29-25-21-17-13-8-6-7-11-15-19-23-27-31-38(2)3/h9-10,16,18,20,22,28,33,38-40,43-44H,4-8,11-15,17,19,21,23-27,29-32,34-37H2,1-3H3/b10-9-,20-16-,22-18-,33-28-/t39-,40+/m0/s1. The lowest BCUT2D eigenvalue weighted by atomic mass is 10.0. The number of carbonyl (C=O) groups excluding carboxylic acids is 2. The summed E-state index contributed by atoms with van der Waals surface area (Å²) in [7, 11) is 0. The highest BCUT2D eigenvalue weighted by Gasteiger charge is 2.12. The van der Waals surface area contributed by atoms with Crippen LogP contribution in [0.1, 0.15) is 175 Å². The van der Waals surface area contributed by atoms with Crippen LogP contribution in [0.5, 0.6) is 0 Å². The third-order valence-corrected chi connectivity index (χ3v) is 8.32. The minimum atomic E-state index is -0.996. The smallest absolute Gasteiger partial charge is 0.305 e. The van der Waals surface area contributed by atoms with Crippen molar-refractivity contribution in [2.24, 2.45) is 5.92 Å². The summed E-state index contributed by atoms with van der Waals surface area (Å²) in [4.78, 5) is 23.9. The fourth-order valence-corrected chi connectivity index (χ4v) is 5.28. The maximum atomic E-state index is 12.0. The summed E-state index contributed by atoms with van der Waals surface area (Å²) < 4.78 is 10.3. The molecule has 0 heterocycles. The second-order valence-electron chi connectivity index (χ2n) is 13.7. The summed E-state index contributed by atoms with van der Waals surface area (Å²) in [6.45, 7) is 6.44. The number of unbranched alkanes of at least 4 members (excludes halogenated alkanes) is 14. The van der Waals surface area contributed by atoms with Crippen molar-refractivity contribution in [2.75, 3.05) is 13.2 Å². The second kappa shape index (κ2) is 36.1. The van der Waals surface area contributed by atoms with E-state index in [0.29, 0.717) is 19.3 Å². The van der Waals surface area contributed by atoms with Gasteiger partial charge in [-0.15, -0.1) is 0 Å². The molecule has 0 aromatic heterocycles. The summed E-state index contributed by atoms with van der Waals surface area (Å²) in [5.74, 6) is 0.191. The number of esters is 2. The van der Waals surface area contributed by atoms with Gasteiger partial charge in [-0.2, -0.15) is 0 Å². The van der Waals surface area contributed by atoms with Crippen LogP contribution < -0.4 is 0 Å². The van der Waals surface area contributed by atoms with Crippen molar-refractivity contribution in [3.8, 4) is 0 Å². The van der Waals surface area contributed by atoms with Gasteiger partial charge in [-0.05, 0) is 50.9 Å². The Labute approximate surface area is 295 Å². The number of ether oxygens (including phenoxy) is 2. The molecule has 0 aliphatic heterocycles. The van der Waals surface area contributed by atoms with E-state index in [2.05, 4.69) is 57.2 Å². The number of hydrogen-bond acceptors (Lipinski definition) is 6. The molecule has 0 rings (SSSR count). The minimum Gasteiger partial charge on any atom is -0.463 e. The van der Waals surface area contributed by atoms with Crippen LogP contribution >= 0.6 is 0 Å². The van der Waals surface area contributed by atoms with E-state index in [9.17, 15) is 19.8 Å².